The van der Waals surface area contributed by atoms with E-state index < -0.39 is 10.0 Å². The summed E-state index contributed by atoms with van der Waals surface area (Å²) in [7, 11) is -0.585. The highest BCUT2D eigenvalue weighted by atomic mass is 32.2. The normalized spacial score (nSPS) is 11.6. The summed E-state index contributed by atoms with van der Waals surface area (Å²) in [5.74, 6) is 0.753. The van der Waals surface area contributed by atoms with Gasteiger partial charge in [0.15, 0.2) is 0 Å². The van der Waals surface area contributed by atoms with Crippen molar-refractivity contribution in [2.45, 2.75) is 31.3 Å². The molecule has 31 heavy (non-hydrogen) atoms. The van der Waals surface area contributed by atoms with Gasteiger partial charge >= 0.3 is 0 Å². The van der Waals surface area contributed by atoms with Crippen LogP contribution in [0.15, 0.2) is 41.3 Å². The third-order valence-electron chi connectivity index (χ3n) is 4.41. The molecule has 0 saturated heterocycles. The van der Waals surface area contributed by atoms with Crippen LogP contribution in [0, 0.1) is 0 Å². The molecule has 0 bridgehead atoms. The average Bonchev–Trinajstić information content (AvgIpc) is 3.14. The number of nitrogens with one attached hydrogen (secondary N) is 2. The van der Waals surface area contributed by atoms with E-state index in [0.29, 0.717) is 41.2 Å². The van der Waals surface area contributed by atoms with Crippen molar-refractivity contribution in [1.29, 1.82) is 0 Å². The molecule has 0 fully saturated rings. The zero-order valence-electron chi connectivity index (χ0n) is 17.7. The van der Waals surface area contributed by atoms with Crippen molar-refractivity contribution in [1.82, 2.24) is 25.0 Å². The zero-order valence-corrected chi connectivity index (χ0v) is 18.6. The number of carbonyl (C=O) groups is 1. The molecule has 0 radical (unpaired) electrons. The van der Waals surface area contributed by atoms with E-state index in [1.165, 1.54) is 26.4 Å². The second kappa shape index (κ2) is 9.31. The van der Waals surface area contributed by atoms with Crippen LogP contribution in [0.4, 0.5) is 0 Å². The van der Waals surface area contributed by atoms with Gasteiger partial charge in [0.25, 0.3) is 5.91 Å². The molecule has 0 saturated carbocycles. The van der Waals surface area contributed by atoms with Crippen LogP contribution in [0.1, 0.15) is 24.2 Å². The van der Waals surface area contributed by atoms with Crippen molar-refractivity contribution in [3.05, 3.63) is 42.0 Å². The maximum absolute atomic E-state index is 12.5. The van der Waals surface area contributed by atoms with Gasteiger partial charge in [0.2, 0.25) is 10.0 Å². The summed E-state index contributed by atoms with van der Waals surface area (Å²) in [4.78, 5) is 12.6. The lowest BCUT2D eigenvalue weighted by molar-refractivity contribution is 0.0951. The van der Waals surface area contributed by atoms with Crippen LogP contribution in [0.5, 0.6) is 11.5 Å². The van der Waals surface area contributed by atoms with Crippen LogP contribution < -0.4 is 19.5 Å². The Hall–Kier alpha value is -3.18. The first-order valence-corrected chi connectivity index (χ1v) is 11.1. The highest BCUT2D eigenvalue weighted by Crippen LogP contribution is 2.22. The molecule has 0 spiro atoms. The number of ether oxygens (including phenoxy) is 2. The Balaban J connectivity index is 1.69. The van der Waals surface area contributed by atoms with Gasteiger partial charge in [-0.05, 0) is 44.2 Å². The molecule has 0 aliphatic carbocycles. The first-order valence-electron chi connectivity index (χ1n) is 9.60. The molecule has 166 valence electrons. The van der Waals surface area contributed by atoms with Crippen molar-refractivity contribution in [3.8, 4) is 11.5 Å². The first kappa shape index (κ1) is 22.5. The Morgan fingerprint density at radius 3 is 2.39 bits per heavy atom. The lowest BCUT2D eigenvalue weighted by atomic mass is 10.2. The summed E-state index contributed by atoms with van der Waals surface area (Å²) in [6.07, 6.45) is 0. The number of aromatic nitrogens is 3. The van der Waals surface area contributed by atoms with Crippen molar-refractivity contribution < 1.29 is 22.7 Å². The average molecular weight is 448 g/mol. The Bertz CT molecular complexity index is 1170. The van der Waals surface area contributed by atoms with Crippen molar-refractivity contribution in [2.75, 3.05) is 20.8 Å². The number of carbonyl (C=O) groups excluding carboxylic acids is 1. The Morgan fingerprint density at radius 2 is 1.77 bits per heavy atom. The molecule has 0 unspecified atom stereocenters. The minimum Gasteiger partial charge on any atom is -0.497 e. The van der Waals surface area contributed by atoms with Crippen molar-refractivity contribution in [3.63, 3.8) is 0 Å². The van der Waals surface area contributed by atoms with E-state index in [-0.39, 0.29) is 16.8 Å². The zero-order chi connectivity index (χ0) is 22.6. The molecule has 10 nitrogen and oxygen atoms in total. The smallest absolute Gasteiger partial charge is 0.251 e. The van der Waals surface area contributed by atoms with E-state index >= 15 is 0 Å². The molecular weight excluding hydrogens is 422 g/mol. The third kappa shape index (κ3) is 5.30. The van der Waals surface area contributed by atoms with Gasteiger partial charge in [-0.1, -0.05) is 5.21 Å². The second-order valence-electron chi connectivity index (χ2n) is 7.10. The topological polar surface area (TPSA) is 124 Å². The van der Waals surface area contributed by atoms with E-state index in [9.17, 15) is 13.2 Å². The number of benzene rings is 2. The molecule has 1 amide bonds. The fourth-order valence-corrected chi connectivity index (χ4v) is 4.25. The highest BCUT2D eigenvalue weighted by Gasteiger charge is 2.17. The monoisotopic (exact) mass is 447 g/mol. The molecule has 2 N–H and O–H groups in total. The van der Waals surface area contributed by atoms with Gasteiger partial charge in [0.1, 0.15) is 17.0 Å². The number of hydrogen-bond donors (Lipinski definition) is 2. The largest absolute Gasteiger partial charge is 0.497 e. The van der Waals surface area contributed by atoms with Gasteiger partial charge in [0, 0.05) is 24.2 Å². The quantitative estimate of drug-likeness (QED) is 0.510. The Labute approximate surface area is 180 Å². The van der Waals surface area contributed by atoms with Gasteiger partial charge in [0.05, 0.1) is 31.2 Å². The summed E-state index contributed by atoms with van der Waals surface area (Å²) < 4.78 is 39.2. The van der Waals surface area contributed by atoms with E-state index in [1.54, 1.807) is 42.8 Å². The maximum atomic E-state index is 12.5. The Morgan fingerprint density at radius 1 is 1.10 bits per heavy atom. The number of amides is 1. The number of rotatable bonds is 9. The summed E-state index contributed by atoms with van der Waals surface area (Å²) in [5, 5.41) is 10.9. The minimum atomic E-state index is -3.62. The van der Waals surface area contributed by atoms with E-state index in [1.807, 2.05) is 0 Å². The first-order chi connectivity index (χ1) is 14.7. The van der Waals surface area contributed by atoms with Crippen molar-refractivity contribution in [2.24, 2.45) is 0 Å². The molecule has 3 aromatic rings. The SMILES string of the molecule is COc1cc(OC)cc(C(=O)NCCn2nnc3cc(S(=O)(=O)NC(C)C)ccc32)c1. The molecule has 3 rings (SSSR count). The van der Waals surface area contributed by atoms with Gasteiger partial charge in [-0.15, -0.1) is 5.10 Å². The standard InChI is InChI=1S/C20H25N5O5S/c1-13(2)23-31(27,28)17-5-6-19-18(12-17)22-24-25(19)8-7-21-20(26)14-9-15(29-3)11-16(10-14)30-4/h5-6,9-13,23H,7-8H2,1-4H3,(H,21,26). The van der Waals surface area contributed by atoms with E-state index in [4.69, 9.17) is 9.47 Å². The number of methoxy groups -OCH3 is 2. The highest BCUT2D eigenvalue weighted by molar-refractivity contribution is 7.89. The molecular formula is C20H25N5O5S. The second-order valence-corrected chi connectivity index (χ2v) is 8.81. The van der Waals surface area contributed by atoms with Crippen LogP contribution >= 0.6 is 0 Å². The molecule has 1 aromatic heterocycles. The van der Waals surface area contributed by atoms with Crippen LogP contribution in [-0.4, -0.2) is 56.1 Å². The van der Waals surface area contributed by atoms with Gasteiger partial charge < -0.3 is 14.8 Å². The fraction of sp³-hybridized carbons (Fsp3) is 0.350. The molecule has 0 aliphatic heterocycles. The van der Waals surface area contributed by atoms with Gasteiger partial charge in [-0.3, -0.25) is 4.79 Å². The van der Waals surface area contributed by atoms with Crippen LogP contribution in [0.3, 0.4) is 0 Å². The minimum absolute atomic E-state index is 0.126. The van der Waals surface area contributed by atoms with E-state index in [0.717, 1.165) is 0 Å². The summed E-state index contributed by atoms with van der Waals surface area (Å²) >= 11 is 0. The summed E-state index contributed by atoms with van der Waals surface area (Å²) in [6, 6.07) is 9.34. The van der Waals surface area contributed by atoms with Crippen LogP contribution in [0.2, 0.25) is 0 Å². The molecule has 11 heteroatoms. The molecule has 1 heterocycles. The van der Waals surface area contributed by atoms with Crippen LogP contribution in [0.25, 0.3) is 11.0 Å². The van der Waals surface area contributed by atoms with Gasteiger partial charge in [-0.25, -0.2) is 17.8 Å². The number of nitrogens with zero attached hydrogens (tertiary/aromatic N) is 3. The summed E-state index contributed by atoms with van der Waals surface area (Å²) in [5.41, 5.74) is 1.53. The van der Waals surface area contributed by atoms with Gasteiger partial charge in [-0.2, -0.15) is 0 Å². The third-order valence-corrected chi connectivity index (χ3v) is 6.07. The number of sulfonamides is 1. The van der Waals surface area contributed by atoms with Crippen LogP contribution in [-0.2, 0) is 16.6 Å². The Kier molecular flexibility index (Phi) is 6.76. The molecule has 0 aliphatic rings. The number of fused-ring (bicyclic) bond motifs is 1. The maximum Gasteiger partial charge on any atom is 0.251 e. The predicted octanol–water partition coefficient (Wildman–Crippen LogP) is 1.57. The fourth-order valence-electron chi connectivity index (χ4n) is 2.98. The summed E-state index contributed by atoms with van der Waals surface area (Å²) in [6.45, 7) is 4.16. The van der Waals surface area contributed by atoms with Crippen molar-refractivity contribution >= 4 is 27.0 Å². The lowest BCUT2D eigenvalue weighted by Crippen LogP contribution is -2.30. The molecule has 2 aromatic carbocycles. The lowest BCUT2D eigenvalue weighted by Gasteiger charge is -2.10. The molecule has 0 atom stereocenters. The predicted molar refractivity (Wildman–Crippen MR) is 115 cm³/mol. The van der Waals surface area contributed by atoms with E-state index in [2.05, 4.69) is 20.4 Å². The number of hydrogen-bond acceptors (Lipinski definition) is 7.